The van der Waals surface area contributed by atoms with Gasteiger partial charge in [0.15, 0.2) is 17.1 Å². The highest BCUT2D eigenvalue weighted by Gasteiger charge is 2.51. The molecule has 0 amide bonds. The second-order valence-electron chi connectivity index (χ2n) is 10.3. The topological polar surface area (TPSA) is 144 Å². The molecule has 0 spiro atoms. The van der Waals surface area contributed by atoms with Crippen LogP contribution in [-0.2, 0) is 20.7 Å². The molecule has 10 nitrogen and oxygen atoms in total. The third-order valence-electron chi connectivity index (χ3n) is 7.71. The lowest BCUT2D eigenvalue weighted by molar-refractivity contribution is -0.258. The number of rotatable bonds is 6. The summed E-state index contributed by atoms with van der Waals surface area (Å²) in [6.07, 6.45) is 2.53. The molecule has 0 aliphatic heterocycles. The van der Waals surface area contributed by atoms with Gasteiger partial charge in [0.1, 0.15) is 0 Å². The maximum Gasteiger partial charge on any atom is 0.421 e. The van der Waals surface area contributed by atoms with Gasteiger partial charge in [-0.15, -0.1) is 0 Å². The van der Waals surface area contributed by atoms with Crippen LogP contribution in [0.2, 0.25) is 0 Å². The number of hydrogen-bond acceptors (Lipinski definition) is 8. The molecular weight excluding hydrogens is 527 g/mol. The molecule has 1 atom stereocenters. The van der Waals surface area contributed by atoms with Gasteiger partial charge in [-0.25, -0.2) is 9.97 Å². The van der Waals surface area contributed by atoms with Gasteiger partial charge in [0.05, 0.1) is 54.8 Å². The average molecular weight is 554 g/mol. The van der Waals surface area contributed by atoms with E-state index < -0.39 is 17.3 Å². The number of hydrogen-bond donors (Lipinski definition) is 2. The smallest absolute Gasteiger partial charge is 0.421 e. The van der Waals surface area contributed by atoms with E-state index in [9.17, 15) is 28.3 Å². The molecule has 1 aliphatic carbocycles. The summed E-state index contributed by atoms with van der Waals surface area (Å²) in [5.74, 6) is -0.555. The SMILES string of the molecule is COC(=O)C1CC(CC#N)(n2cc(-c3cn4c(-c5cc(C(C)(O)C(F)(F)F)ccc5C)cnc4c(N)n3)cn2)C1. The molecule has 0 radical (unpaired) electrons. The Morgan fingerprint density at radius 2 is 2.02 bits per heavy atom. The van der Waals surface area contributed by atoms with Crippen LogP contribution >= 0.6 is 0 Å². The molecule has 0 saturated heterocycles. The Kier molecular flexibility index (Phi) is 6.34. The fourth-order valence-corrected chi connectivity index (χ4v) is 5.18. The number of alkyl halides is 3. The van der Waals surface area contributed by atoms with Crippen molar-refractivity contribution in [3.05, 3.63) is 54.1 Å². The Bertz CT molecular complexity index is 1660. The number of esters is 1. The third-order valence-corrected chi connectivity index (χ3v) is 7.71. The number of aromatic nitrogens is 5. The van der Waals surface area contributed by atoms with E-state index >= 15 is 0 Å². The summed E-state index contributed by atoms with van der Waals surface area (Å²) >= 11 is 0. The van der Waals surface area contributed by atoms with Gasteiger partial charge in [0.2, 0.25) is 0 Å². The van der Waals surface area contributed by atoms with Crippen LogP contribution in [0.5, 0.6) is 0 Å². The molecule has 1 aliphatic rings. The van der Waals surface area contributed by atoms with Crippen molar-refractivity contribution in [2.75, 3.05) is 12.8 Å². The number of nitrogens with two attached hydrogens (primary N) is 1. The highest BCUT2D eigenvalue weighted by Crippen LogP contribution is 2.47. The Labute approximate surface area is 226 Å². The van der Waals surface area contributed by atoms with Crippen LogP contribution in [0.1, 0.15) is 37.3 Å². The molecule has 3 N–H and O–H groups in total. The first kappa shape index (κ1) is 27.1. The summed E-state index contributed by atoms with van der Waals surface area (Å²) in [5.41, 5.74) is 5.05. The lowest BCUT2D eigenvalue weighted by Gasteiger charge is -2.45. The number of imidazole rings is 1. The van der Waals surface area contributed by atoms with Crippen molar-refractivity contribution in [3.8, 4) is 28.6 Å². The van der Waals surface area contributed by atoms with Crippen molar-refractivity contribution in [1.82, 2.24) is 24.1 Å². The molecule has 1 aromatic carbocycles. The van der Waals surface area contributed by atoms with E-state index in [-0.39, 0.29) is 29.7 Å². The first-order valence-electron chi connectivity index (χ1n) is 12.4. The number of methoxy groups -OCH3 is 1. The van der Waals surface area contributed by atoms with E-state index in [4.69, 9.17) is 10.5 Å². The predicted molar refractivity (Wildman–Crippen MR) is 137 cm³/mol. The summed E-state index contributed by atoms with van der Waals surface area (Å²) < 4.78 is 48.7. The molecular formula is C27H26F3N7O3. The minimum absolute atomic E-state index is 0.0914. The number of ether oxygens (including phenoxy) is 1. The summed E-state index contributed by atoms with van der Waals surface area (Å²) in [6.45, 7) is 2.45. The van der Waals surface area contributed by atoms with Gasteiger partial charge in [-0.1, -0.05) is 12.1 Å². The molecule has 3 heterocycles. The van der Waals surface area contributed by atoms with Gasteiger partial charge >= 0.3 is 12.1 Å². The number of benzene rings is 1. The van der Waals surface area contributed by atoms with Crippen molar-refractivity contribution in [1.29, 1.82) is 5.26 Å². The Hall–Kier alpha value is -4.44. The molecule has 1 unspecified atom stereocenters. The van der Waals surface area contributed by atoms with Crippen molar-refractivity contribution < 1.29 is 27.8 Å². The monoisotopic (exact) mass is 553 g/mol. The fraction of sp³-hybridized carbons (Fsp3) is 0.370. The molecule has 208 valence electrons. The van der Waals surface area contributed by atoms with Crippen LogP contribution < -0.4 is 5.73 Å². The summed E-state index contributed by atoms with van der Waals surface area (Å²) in [4.78, 5) is 20.7. The second-order valence-corrected chi connectivity index (χ2v) is 10.3. The van der Waals surface area contributed by atoms with E-state index in [1.165, 1.54) is 31.5 Å². The number of nitriles is 1. The van der Waals surface area contributed by atoms with Gasteiger partial charge in [-0.3, -0.25) is 13.9 Å². The Balaban J connectivity index is 1.55. The van der Waals surface area contributed by atoms with Crippen molar-refractivity contribution >= 4 is 17.4 Å². The van der Waals surface area contributed by atoms with Crippen LogP contribution in [0, 0.1) is 24.2 Å². The molecule has 13 heteroatoms. The zero-order valence-electron chi connectivity index (χ0n) is 21.9. The van der Waals surface area contributed by atoms with Crippen LogP contribution in [0.25, 0.3) is 28.2 Å². The number of nitrogens with zero attached hydrogens (tertiary/aromatic N) is 6. The number of halogens is 3. The maximum absolute atomic E-state index is 13.5. The van der Waals surface area contributed by atoms with Crippen LogP contribution in [0.15, 0.2) is 43.0 Å². The highest BCUT2D eigenvalue weighted by molar-refractivity contribution is 5.75. The minimum atomic E-state index is -4.87. The summed E-state index contributed by atoms with van der Waals surface area (Å²) in [6, 6.07) is 6.22. The lowest BCUT2D eigenvalue weighted by atomic mass is 9.66. The molecule has 5 rings (SSSR count). The maximum atomic E-state index is 13.5. The Morgan fingerprint density at radius 3 is 2.67 bits per heavy atom. The van der Waals surface area contributed by atoms with E-state index in [1.807, 2.05) is 0 Å². The zero-order chi connectivity index (χ0) is 29.0. The van der Waals surface area contributed by atoms with Crippen LogP contribution in [0.3, 0.4) is 0 Å². The van der Waals surface area contributed by atoms with E-state index in [1.54, 1.807) is 34.6 Å². The standard InChI is InChI=1S/C27H26F3N7O3/c1-15-4-5-18(25(2,39)27(28,29)30)8-19(15)21-12-33-23-22(32)35-20(14-36(21)23)17-11-34-37(13-17)26(6-7-31)9-16(10-26)24(38)40-3/h4-5,8,11-14,16,39H,6,9-10H2,1-3H3,(H2,32,35). The molecule has 0 bridgehead atoms. The zero-order valence-corrected chi connectivity index (χ0v) is 21.9. The number of carbonyl (C=O) groups is 1. The molecule has 3 aromatic heterocycles. The lowest BCUT2D eigenvalue weighted by Crippen LogP contribution is -2.49. The number of aliphatic hydroxyl groups is 1. The third kappa shape index (κ3) is 4.24. The minimum Gasteiger partial charge on any atom is -0.469 e. The molecule has 1 fully saturated rings. The molecule has 4 aromatic rings. The van der Waals surface area contributed by atoms with Gasteiger partial charge in [-0.2, -0.15) is 23.5 Å². The quantitative estimate of drug-likeness (QED) is 0.340. The molecule has 40 heavy (non-hydrogen) atoms. The number of carbonyl (C=O) groups excluding carboxylic acids is 1. The second kappa shape index (κ2) is 9.34. The van der Waals surface area contributed by atoms with Crippen LogP contribution in [0.4, 0.5) is 19.0 Å². The average Bonchev–Trinajstić information content (AvgIpc) is 3.53. The number of fused-ring (bicyclic) bond motifs is 1. The predicted octanol–water partition coefficient (Wildman–Crippen LogP) is 4.11. The van der Waals surface area contributed by atoms with E-state index in [2.05, 4.69) is 21.1 Å². The van der Waals surface area contributed by atoms with Gasteiger partial charge in [0, 0.05) is 23.5 Å². The summed E-state index contributed by atoms with van der Waals surface area (Å²) in [7, 11) is 1.33. The normalized spacial score (nSPS) is 20.5. The fourth-order valence-electron chi connectivity index (χ4n) is 5.18. The summed E-state index contributed by atoms with van der Waals surface area (Å²) in [5, 5.41) is 24.1. The Morgan fingerprint density at radius 1 is 1.30 bits per heavy atom. The van der Waals surface area contributed by atoms with Gasteiger partial charge in [-0.05, 0) is 43.9 Å². The highest BCUT2D eigenvalue weighted by atomic mass is 19.4. The van der Waals surface area contributed by atoms with Crippen molar-refractivity contribution in [3.63, 3.8) is 0 Å². The van der Waals surface area contributed by atoms with Crippen molar-refractivity contribution in [2.24, 2.45) is 5.92 Å². The largest absolute Gasteiger partial charge is 0.469 e. The van der Waals surface area contributed by atoms with E-state index in [0.717, 1.165) is 0 Å². The van der Waals surface area contributed by atoms with Gasteiger partial charge in [0.25, 0.3) is 0 Å². The van der Waals surface area contributed by atoms with Crippen LogP contribution in [-0.4, -0.2) is 48.5 Å². The van der Waals surface area contributed by atoms with Gasteiger partial charge < -0.3 is 15.6 Å². The number of aryl methyl sites for hydroxylation is 1. The van der Waals surface area contributed by atoms with Crippen molar-refractivity contribution in [2.45, 2.75) is 50.4 Å². The van der Waals surface area contributed by atoms with E-state index in [0.29, 0.717) is 53.5 Å². The first-order chi connectivity index (χ1) is 18.8. The number of anilines is 1. The first-order valence-corrected chi connectivity index (χ1v) is 12.4. The molecule has 1 saturated carbocycles. The number of nitrogen functional groups attached to an aromatic ring is 1.